The molecule has 1 aliphatic carbocycles. The van der Waals surface area contributed by atoms with Gasteiger partial charge in [-0.05, 0) is 79.1 Å². The van der Waals surface area contributed by atoms with Crippen LogP contribution in [0.4, 0.5) is 4.39 Å². The topological polar surface area (TPSA) is 126 Å². The number of halogens is 1. The van der Waals surface area contributed by atoms with Crippen LogP contribution >= 0.6 is 0 Å². The Hall–Kier alpha value is -4.36. The number of benzene rings is 2. The summed E-state index contributed by atoms with van der Waals surface area (Å²) in [5.41, 5.74) is 1.66. The second-order valence-corrected chi connectivity index (χ2v) is 11.9. The van der Waals surface area contributed by atoms with Crippen molar-refractivity contribution in [1.29, 1.82) is 5.26 Å². The molecule has 4 aromatic rings. The largest absolute Gasteiger partial charge is 0.492 e. The Bertz CT molecular complexity index is 1810. The zero-order valence-corrected chi connectivity index (χ0v) is 22.8. The number of rotatable bonds is 8. The first-order valence-corrected chi connectivity index (χ1v) is 14.4. The standard InChI is InChI=1S/C30H27FN4O4S/c1-3-25(22-6-4-5-20(15-22)17-32)35-26(16-19-7-8-19)34-29(36)27(30(35)37)40(38,39)23-11-9-21(10-12-23)24-13-14-33-28(31)18(24)2/h4-6,9-15,19,25,36H,3,7-8,16H2,1-2H3. The van der Waals surface area contributed by atoms with E-state index in [0.717, 1.165) is 12.8 Å². The molecule has 1 unspecified atom stereocenters. The van der Waals surface area contributed by atoms with Crippen molar-refractivity contribution in [3.63, 3.8) is 0 Å². The molecule has 204 valence electrons. The minimum atomic E-state index is -4.49. The molecule has 2 aromatic heterocycles. The van der Waals surface area contributed by atoms with E-state index in [9.17, 15) is 28.0 Å². The van der Waals surface area contributed by atoms with Gasteiger partial charge < -0.3 is 5.11 Å². The molecule has 1 aliphatic rings. The lowest BCUT2D eigenvalue weighted by molar-refractivity contribution is 0.406. The Morgan fingerprint density at radius 3 is 2.55 bits per heavy atom. The van der Waals surface area contributed by atoms with Crippen molar-refractivity contribution in [2.45, 2.75) is 55.4 Å². The Kier molecular flexibility index (Phi) is 7.25. The monoisotopic (exact) mass is 558 g/mol. The maximum atomic E-state index is 14.0. The van der Waals surface area contributed by atoms with Crippen LogP contribution in [0.1, 0.15) is 54.7 Å². The molecule has 1 N–H and O–H groups in total. The Labute approximate surface area is 231 Å². The molecule has 40 heavy (non-hydrogen) atoms. The van der Waals surface area contributed by atoms with Crippen molar-refractivity contribution in [2.24, 2.45) is 5.92 Å². The highest BCUT2D eigenvalue weighted by atomic mass is 32.2. The van der Waals surface area contributed by atoms with Gasteiger partial charge in [0, 0.05) is 18.2 Å². The fourth-order valence-corrected chi connectivity index (χ4v) is 6.31. The molecule has 0 saturated heterocycles. The van der Waals surface area contributed by atoms with E-state index in [2.05, 4.69) is 16.0 Å². The molecule has 0 aliphatic heterocycles. The van der Waals surface area contributed by atoms with Gasteiger partial charge in [-0.1, -0.05) is 31.2 Å². The predicted molar refractivity (Wildman–Crippen MR) is 146 cm³/mol. The van der Waals surface area contributed by atoms with Crippen LogP contribution in [0.5, 0.6) is 5.88 Å². The third-order valence-electron chi connectivity index (χ3n) is 7.28. The quantitative estimate of drug-likeness (QED) is 0.298. The summed E-state index contributed by atoms with van der Waals surface area (Å²) >= 11 is 0. The summed E-state index contributed by atoms with van der Waals surface area (Å²) in [6, 6.07) is 15.6. The third-order valence-corrected chi connectivity index (χ3v) is 9.07. The number of aromatic nitrogens is 3. The molecule has 0 amide bonds. The van der Waals surface area contributed by atoms with Crippen LogP contribution in [0.15, 0.2) is 75.4 Å². The lowest BCUT2D eigenvalue weighted by Crippen LogP contribution is -2.33. The van der Waals surface area contributed by atoms with Crippen LogP contribution < -0.4 is 5.56 Å². The number of aromatic hydroxyl groups is 1. The second kappa shape index (κ2) is 10.7. The van der Waals surface area contributed by atoms with E-state index in [0.29, 0.717) is 52.4 Å². The van der Waals surface area contributed by atoms with E-state index < -0.39 is 38.2 Å². The van der Waals surface area contributed by atoms with Gasteiger partial charge in [-0.3, -0.25) is 9.36 Å². The first kappa shape index (κ1) is 27.2. The first-order valence-electron chi connectivity index (χ1n) is 13.0. The zero-order valence-electron chi connectivity index (χ0n) is 22.0. The van der Waals surface area contributed by atoms with Crippen LogP contribution in [-0.2, 0) is 16.3 Å². The third kappa shape index (κ3) is 5.00. The summed E-state index contributed by atoms with van der Waals surface area (Å²) in [4.78, 5) is 20.9. The molecule has 1 atom stereocenters. The summed E-state index contributed by atoms with van der Waals surface area (Å²) in [6.45, 7) is 3.44. The maximum Gasteiger partial charge on any atom is 0.277 e. The van der Waals surface area contributed by atoms with Gasteiger partial charge in [-0.25, -0.2) is 13.4 Å². The predicted octanol–water partition coefficient (Wildman–Crippen LogP) is 5.11. The highest BCUT2D eigenvalue weighted by molar-refractivity contribution is 7.91. The average molecular weight is 559 g/mol. The lowest BCUT2D eigenvalue weighted by Gasteiger charge is -2.23. The van der Waals surface area contributed by atoms with E-state index in [-0.39, 0.29) is 4.90 Å². The van der Waals surface area contributed by atoms with Crippen LogP contribution in [0, 0.1) is 30.1 Å². The highest BCUT2D eigenvalue weighted by Crippen LogP contribution is 2.35. The van der Waals surface area contributed by atoms with Gasteiger partial charge in [-0.15, -0.1) is 0 Å². The Balaban J connectivity index is 1.64. The number of nitriles is 1. The molecule has 2 aromatic carbocycles. The van der Waals surface area contributed by atoms with E-state index in [1.807, 2.05) is 6.92 Å². The van der Waals surface area contributed by atoms with Gasteiger partial charge in [0.15, 0.2) is 4.90 Å². The van der Waals surface area contributed by atoms with E-state index >= 15 is 0 Å². The molecule has 8 nitrogen and oxygen atoms in total. The van der Waals surface area contributed by atoms with E-state index in [1.165, 1.54) is 35.0 Å². The van der Waals surface area contributed by atoms with E-state index in [1.54, 1.807) is 37.3 Å². The molecule has 0 bridgehead atoms. The first-order chi connectivity index (χ1) is 19.1. The molecule has 2 heterocycles. The number of sulfone groups is 1. The number of hydrogen-bond donors (Lipinski definition) is 1. The molecule has 5 rings (SSSR count). The number of pyridine rings is 1. The number of hydrogen-bond acceptors (Lipinski definition) is 7. The van der Waals surface area contributed by atoms with Gasteiger partial charge in [0.1, 0.15) is 5.82 Å². The summed E-state index contributed by atoms with van der Waals surface area (Å²) in [6.07, 6.45) is 4.10. The normalized spacial score (nSPS) is 14.1. The van der Waals surface area contributed by atoms with Crippen molar-refractivity contribution in [3.05, 3.63) is 99.6 Å². The van der Waals surface area contributed by atoms with Gasteiger partial charge in [0.25, 0.3) is 5.56 Å². The minimum Gasteiger partial charge on any atom is -0.492 e. The smallest absolute Gasteiger partial charge is 0.277 e. The maximum absolute atomic E-state index is 14.0. The van der Waals surface area contributed by atoms with Gasteiger partial charge in [-0.2, -0.15) is 14.6 Å². The van der Waals surface area contributed by atoms with Crippen LogP contribution in [0.3, 0.4) is 0 Å². The summed E-state index contributed by atoms with van der Waals surface area (Å²) in [7, 11) is -4.49. The Morgan fingerprint density at radius 2 is 1.90 bits per heavy atom. The Morgan fingerprint density at radius 1 is 1.18 bits per heavy atom. The fourth-order valence-electron chi connectivity index (χ4n) is 4.97. The second-order valence-electron chi connectivity index (χ2n) is 9.97. The van der Waals surface area contributed by atoms with Crippen LogP contribution in [0.25, 0.3) is 11.1 Å². The molecular formula is C30H27FN4O4S. The summed E-state index contributed by atoms with van der Waals surface area (Å²) in [5, 5.41) is 20.2. The van der Waals surface area contributed by atoms with Crippen LogP contribution in [0.2, 0.25) is 0 Å². The van der Waals surface area contributed by atoms with Crippen molar-refractivity contribution in [3.8, 4) is 23.1 Å². The lowest BCUT2D eigenvalue weighted by atomic mass is 10.0. The zero-order chi connectivity index (χ0) is 28.6. The molecular weight excluding hydrogens is 531 g/mol. The highest BCUT2D eigenvalue weighted by Gasteiger charge is 2.33. The summed E-state index contributed by atoms with van der Waals surface area (Å²) in [5.74, 6) is -0.850. The fraction of sp³-hybridized carbons (Fsp3) is 0.267. The minimum absolute atomic E-state index is 0.210. The van der Waals surface area contributed by atoms with Crippen molar-refractivity contribution in [2.75, 3.05) is 0 Å². The SMILES string of the molecule is CCC(c1cccc(C#N)c1)n1c(CC2CC2)nc(O)c(S(=O)(=O)c2ccc(-c3ccnc(F)c3C)cc2)c1=O. The average Bonchev–Trinajstić information content (AvgIpc) is 3.76. The molecule has 10 heteroatoms. The van der Waals surface area contributed by atoms with Gasteiger partial charge >= 0.3 is 0 Å². The molecule has 1 fully saturated rings. The van der Waals surface area contributed by atoms with Gasteiger partial charge in [0.05, 0.1) is 22.6 Å². The van der Waals surface area contributed by atoms with Crippen molar-refractivity contribution < 1.29 is 17.9 Å². The number of nitrogens with zero attached hydrogens (tertiary/aromatic N) is 4. The van der Waals surface area contributed by atoms with Crippen LogP contribution in [-0.4, -0.2) is 28.1 Å². The van der Waals surface area contributed by atoms with Crippen molar-refractivity contribution >= 4 is 9.84 Å². The van der Waals surface area contributed by atoms with E-state index in [4.69, 9.17) is 0 Å². The molecule has 0 radical (unpaired) electrons. The van der Waals surface area contributed by atoms with Gasteiger partial charge in [0.2, 0.25) is 21.7 Å². The molecule has 1 saturated carbocycles. The van der Waals surface area contributed by atoms with Crippen molar-refractivity contribution in [1.82, 2.24) is 14.5 Å². The summed E-state index contributed by atoms with van der Waals surface area (Å²) < 4.78 is 42.8. The molecule has 0 spiro atoms.